The molecule has 1 aromatic carbocycles. The van der Waals surface area contributed by atoms with Crippen LogP contribution in [0.5, 0.6) is 0 Å². The van der Waals surface area contributed by atoms with Gasteiger partial charge in [0, 0.05) is 13.0 Å². The third-order valence-corrected chi connectivity index (χ3v) is 3.16. The number of amides is 1. The zero-order valence-electron chi connectivity index (χ0n) is 12.3. The second-order valence-electron chi connectivity index (χ2n) is 4.36. The van der Waals surface area contributed by atoms with Crippen molar-refractivity contribution in [2.45, 2.75) is 20.3 Å². The molecule has 0 aromatic heterocycles. The average molecular weight is 278 g/mol. The van der Waals surface area contributed by atoms with E-state index in [0.29, 0.717) is 24.2 Å². The lowest BCUT2D eigenvalue weighted by molar-refractivity contribution is -0.116. The summed E-state index contributed by atoms with van der Waals surface area (Å²) >= 11 is 0. The second kappa shape index (κ2) is 8.32. The highest BCUT2D eigenvalue weighted by atomic mass is 16.5. The van der Waals surface area contributed by atoms with Gasteiger partial charge in [-0.15, -0.1) is 0 Å². The predicted molar refractivity (Wildman–Crippen MR) is 78.8 cm³/mol. The number of hydrogen-bond donors (Lipinski definition) is 1. The van der Waals surface area contributed by atoms with E-state index >= 15 is 0 Å². The first kappa shape index (κ1) is 16.2. The molecular formula is C15H22N2O3. The van der Waals surface area contributed by atoms with Gasteiger partial charge in [-0.25, -0.2) is 4.79 Å². The van der Waals surface area contributed by atoms with Gasteiger partial charge in [0.2, 0.25) is 5.91 Å². The topological polar surface area (TPSA) is 58.6 Å². The maximum Gasteiger partial charge on any atom is 0.339 e. The van der Waals surface area contributed by atoms with Crippen LogP contribution in [0.25, 0.3) is 0 Å². The van der Waals surface area contributed by atoms with Crippen LogP contribution in [0.2, 0.25) is 0 Å². The number of anilines is 1. The molecule has 0 saturated heterocycles. The van der Waals surface area contributed by atoms with E-state index in [1.165, 1.54) is 7.11 Å². The molecule has 20 heavy (non-hydrogen) atoms. The minimum atomic E-state index is -0.454. The number of hydrogen-bond acceptors (Lipinski definition) is 4. The second-order valence-corrected chi connectivity index (χ2v) is 4.36. The quantitative estimate of drug-likeness (QED) is 0.776. The summed E-state index contributed by atoms with van der Waals surface area (Å²) < 4.78 is 4.69. The molecule has 0 saturated carbocycles. The monoisotopic (exact) mass is 278 g/mol. The van der Waals surface area contributed by atoms with E-state index in [1.54, 1.807) is 24.3 Å². The first-order valence-corrected chi connectivity index (χ1v) is 6.81. The van der Waals surface area contributed by atoms with Gasteiger partial charge in [-0.3, -0.25) is 4.79 Å². The van der Waals surface area contributed by atoms with Crippen LogP contribution in [0.1, 0.15) is 30.6 Å². The van der Waals surface area contributed by atoms with Crippen LogP contribution in [-0.4, -0.2) is 43.5 Å². The van der Waals surface area contributed by atoms with Gasteiger partial charge >= 0.3 is 5.97 Å². The Balaban J connectivity index is 2.64. The first-order valence-electron chi connectivity index (χ1n) is 6.81. The highest BCUT2D eigenvalue weighted by Crippen LogP contribution is 2.16. The summed E-state index contributed by atoms with van der Waals surface area (Å²) in [5.41, 5.74) is 0.857. The van der Waals surface area contributed by atoms with Crippen molar-refractivity contribution < 1.29 is 14.3 Å². The molecular weight excluding hydrogens is 256 g/mol. The molecule has 1 rings (SSSR count). The fraction of sp³-hybridized carbons (Fsp3) is 0.467. The SMILES string of the molecule is CCN(CC)CCC(=O)Nc1ccccc1C(=O)OC. The zero-order valence-corrected chi connectivity index (χ0v) is 12.3. The standard InChI is InChI=1S/C15H22N2O3/c1-4-17(5-2)11-10-14(18)16-13-9-7-6-8-12(13)15(19)20-3/h6-9H,4-5,10-11H2,1-3H3,(H,16,18). The summed E-state index contributed by atoms with van der Waals surface area (Å²) in [6.45, 7) is 6.67. The van der Waals surface area contributed by atoms with E-state index in [-0.39, 0.29) is 5.91 Å². The molecule has 0 aliphatic heterocycles. The Hall–Kier alpha value is -1.88. The van der Waals surface area contributed by atoms with E-state index in [1.807, 2.05) is 0 Å². The number of carbonyl (C=O) groups is 2. The number of carbonyl (C=O) groups excluding carboxylic acids is 2. The number of rotatable bonds is 7. The van der Waals surface area contributed by atoms with Crippen molar-refractivity contribution in [3.8, 4) is 0 Å². The number of methoxy groups -OCH3 is 1. The molecule has 110 valence electrons. The van der Waals surface area contributed by atoms with Crippen molar-refractivity contribution in [3.05, 3.63) is 29.8 Å². The Kier molecular flexibility index (Phi) is 6.73. The molecule has 0 bridgehead atoms. The molecule has 5 heteroatoms. The van der Waals surface area contributed by atoms with Gasteiger partial charge < -0.3 is 15.0 Å². The summed E-state index contributed by atoms with van der Waals surface area (Å²) in [6, 6.07) is 6.83. The number of nitrogens with one attached hydrogen (secondary N) is 1. The van der Waals surface area contributed by atoms with E-state index in [0.717, 1.165) is 13.1 Å². The molecule has 0 aliphatic carbocycles. The Bertz CT molecular complexity index is 456. The van der Waals surface area contributed by atoms with Gasteiger partial charge in [0.1, 0.15) is 0 Å². The Labute approximate surface area is 119 Å². The smallest absolute Gasteiger partial charge is 0.339 e. The van der Waals surface area contributed by atoms with E-state index in [9.17, 15) is 9.59 Å². The lowest BCUT2D eigenvalue weighted by Crippen LogP contribution is -2.27. The highest BCUT2D eigenvalue weighted by Gasteiger charge is 2.13. The fourth-order valence-corrected chi connectivity index (χ4v) is 1.89. The number of esters is 1. The summed E-state index contributed by atoms with van der Waals surface area (Å²) in [6.07, 6.45) is 0.400. The number of nitrogens with zero attached hydrogens (tertiary/aromatic N) is 1. The van der Waals surface area contributed by atoms with Crippen LogP contribution < -0.4 is 5.32 Å². The van der Waals surface area contributed by atoms with E-state index in [2.05, 4.69) is 24.1 Å². The lowest BCUT2D eigenvalue weighted by atomic mass is 10.1. The molecule has 0 radical (unpaired) electrons. The summed E-state index contributed by atoms with van der Waals surface area (Å²) in [4.78, 5) is 25.7. The van der Waals surface area contributed by atoms with Crippen LogP contribution in [-0.2, 0) is 9.53 Å². The third kappa shape index (κ3) is 4.66. The van der Waals surface area contributed by atoms with Gasteiger partial charge in [-0.2, -0.15) is 0 Å². The van der Waals surface area contributed by atoms with Crippen molar-refractivity contribution in [1.82, 2.24) is 4.90 Å². The molecule has 5 nitrogen and oxygen atoms in total. The largest absolute Gasteiger partial charge is 0.465 e. The maximum atomic E-state index is 11.9. The lowest BCUT2D eigenvalue weighted by Gasteiger charge is -2.17. The van der Waals surface area contributed by atoms with Crippen molar-refractivity contribution >= 4 is 17.6 Å². The minimum absolute atomic E-state index is 0.103. The van der Waals surface area contributed by atoms with Gasteiger partial charge in [0.25, 0.3) is 0 Å². The van der Waals surface area contributed by atoms with E-state index < -0.39 is 5.97 Å². The average Bonchev–Trinajstić information content (AvgIpc) is 2.48. The summed E-state index contributed by atoms with van der Waals surface area (Å²) in [5, 5.41) is 2.76. The zero-order chi connectivity index (χ0) is 15.0. The molecule has 0 spiro atoms. The number of benzene rings is 1. The first-order chi connectivity index (χ1) is 9.62. The molecule has 1 amide bonds. The minimum Gasteiger partial charge on any atom is -0.465 e. The van der Waals surface area contributed by atoms with Crippen LogP contribution in [0.4, 0.5) is 5.69 Å². The molecule has 0 unspecified atom stereocenters. The molecule has 1 aromatic rings. The van der Waals surface area contributed by atoms with E-state index in [4.69, 9.17) is 4.74 Å². The summed E-state index contributed by atoms with van der Waals surface area (Å²) in [5.74, 6) is -0.558. The number of para-hydroxylation sites is 1. The maximum absolute atomic E-state index is 11.9. The fourth-order valence-electron chi connectivity index (χ4n) is 1.89. The van der Waals surface area contributed by atoms with Crippen LogP contribution in [0.3, 0.4) is 0 Å². The third-order valence-electron chi connectivity index (χ3n) is 3.16. The Morgan fingerprint density at radius 1 is 1.20 bits per heavy atom. The van der Waals surface area contributed by atoms with Crippen LogP contribution >= 0.6 is 0 Å². The molecule has 0 heterocycles. The van der Waals surface area contributed by atoms with Crippen molar-refractivity contribution in [1.29, 1.82) is 0 Å². The normalized spacial score (nSPS) is 10.4. The van der Waals surface area contributed by atoms with Crippen molar-refractivity contribution in [2.24, 2.45) is 0 Å². The molecule has 1 N–H and O–H groups in total. The van der Waals surface area contributed by atoms with Gasteiger partial charge in [-0.05, 0) is 25.2 Å². The van der Waals surface area contributed by atoms with Gasteiger partial charge in [0.05, 0.1) is 18.4 Å². The predicted octanol–water partition coefficient (Wildman–Crippen LogP) is 2.14. The summed E-state index contributed by atoms with van der Waals surface area (Å²) in [7, 11) is 1.32. The highest BCUT2D eigenvalue weighted by molar-refractivity contribution is 6.01. The van der Waals surface area contributed by atoms with Crippen LogP contribution in [0, 0.1) is 0 Å². The Morgan fingerprint density at radius 3 is 2.45 bits per heavy atom. The van der Waals surface area contributed by atoms with Crippen molar-refractivity contribution in [2.75, 3.05) is 32.1 Å². The van der Waals surface area contributed by atoms with Gasteiger partial charge in [-0.1, -0.05) is 26.0 Å². The van der Waals surface area contributed by atoms with Gasteiger partial charge in [0.15, 0.2) is 0 Å². The molecule has 0 fully saturated rings. The number of ether oxygens (including phenoxy) is 1. The van der Waals surface area contributed by atoms with Crippen LogP contribution in [0.15, 0.2) is 24.3 Å². The molecule has 0 atom stereocenters. The van der Waals surface area contributed by atoms with Crippen molar-refractivity contribution in [3.63, 3.8) is 0 Å². The Morgan fingerprint density at radius 2 is 1.85 bits per heavy atom. The molecule has 0 aliphatic rings.